The van der Waals surface area contributed by atoms with E-state index < -0.39 is 81.2 Å². The number of benzene rings is 4. The molecule has 1 fully saturated rings. The number of likely N-dealkylation sites (tertiary alicyclic amines) is 1. The molecule has 20 heteroatoms. The fourth-order valence-electron chi connectivity index (χ4n) is 9.81. The van der Waals surface area contributed by atoms with E-state index in [-0.39, 0.29) is 62.6 Å². The summed E-state index contributed by atoms with van der Waals surface area (Å²) < 4.78 is 57.4. The molecule has 0 saturated carbocycles. The van der Waals surface area contributed by atoms with Gasteiger partial charge in [-0.25, -0.2) is 13.2 Å². The van der Waals surface area contributed by atoms with E-state index in [9.17, 15) is 42.3 Å². The van der Waals surface area contributed by atoms with Gasteiger partial charge in [0.05, 0.1) is 44.6 Å². The molecule has 6 rings (SSSR count). The van der Waals surface area contributed by atoms with E-state index in [4.69, 9.17) is 23.4 Å². The number of ketones is 1. The summed E-state index contributed by atoms with van der Waals surface area (Å²) in [6, 6.07) is 28.1. The number of Topliss-reactive ketones (excluding diaryl/α,β-unsaturated/α-hetero) is 1. The van der Waals surface area contributed by atoms with E-state index in [1.54, 1.807) is 75.6 Å². The second-order valence-electron chi connectivity index (χ2n) is 22.0. The molecule has 4 N–H and O–H groups in total. The van der Waals surface area contributed by atoms with Crippen LogP contribution in [-0.4, -0.2) is 123 Å². The van der Waals surface area contributed by atoms with Gasteiger partial charge in [-0.05, 0) is 128 Å². The number of piperidine rings is 1. The number of nitrogens with one attached hydrogen (secondary N) is 3. The summed E-state index contributed by atoms with van der Waals surface area (Å²) in [5.74, 6) is -1.54. The molecule has 4 aromatic carbocycles. The van der Waals surface area contributed by atoms with Crippen molar-refractivity contribution < 1.29 is 65.7 Å². The molecule has 1 unspecified atom stereocenters. The first-order chi connectivity index (χ1) is 39.6. The van der Waals surface area contributed by atoms with E-state index in [1.807, 2.05) is 63.2 Å². The molecule has 2 heterocycles. The van der Waals surface area contributed by atoms with Crippen LogP contribution >= 0.6 is 0 Å². The van der Waals surface area contributed by atoms with Crippen molar-refractivity contribution in [3.8, 4) is 17.2 Å². The quantitative estimate of drug-likeness (QED) is 0.0241. The summed E-state index contributed by atoms with van der Waals surface area (Å²) in [7, 11) is 0.459. The zero-order valence-corrected chi connectivity index (χ0v) is 49.7. The van der Waals surface area contributed by atoms with Gasteiger partial charge in [-0.2, -0.15) is 4.31 Å². The lowest BCUT2D eigenvalue weighted by atomic mass is 9.84. The molecule has 0 aliphatic carbocycles. The van der Waals surface area contributed by atoms with Gasteiger partial charge in [-0.3, -0.25) is 24.0 Å². The van der Waals surface area contributed by atoms with Gasteiger partial charge in [-0.1, -0.05) is 83.1 Å². The number of aryl methyl sites for hydroxylation is 1. The average Bonchev–Trinajstić information content (AvgIpc) is 4.15. The molecule has 0 spiro atoms. The number of hydrogen-bond donors (Lipinski definition) is 4. The van der Waals surface area contributed by atoms with Crippen LogP contribution in [0.4, 0.5) is 5.69 Å². The van der Waals surface area contributed by atoms with Crippen molar-refractivity contribution in [2.75, 3.05) is 46.3 Å². The second kappa shape index (κ2) is 30.7. The number of carbonyl (C=O) groups is 6. The summed E-state index contributed by atoms with van der Waals surface area (Å²) in [6.45, 7) is 9.00. The van der Waals surface area contributed by atoms with E-state index in [0.29, 0.717) is 72.8 Å². The maximum absolute atomic E-state index is 14.2. The summed E-state index contributed by atoms with van der Waals surface area (Å²) in [6.07, 6.45) is 1.54. The minimum atomic E-state index is -4.10. The number of aliphatic hydroxyl groups is 1. The van der Waals surface area contributed by atoms with E-state index in [2.05, 4.69) is 16.0 Å². The second-order valence-corrected chi connectivity index (χ2v) is 23.9. The lowest BCUT2D eigenvalue weighted by molar-refractivity contribution is -0.164. The number of sulfonamides is 1. The predicted octanol–water partition coefficient (Wildman–Crippen LogP) is 8.18. The molecule has 1 saturated heterocycles. The summed E-state index contributed by atoms with van der Waals surface area (Å²) in [5.41, 5.74) is 1.66. The molecule has 1 aromatic heterocycles. The molecule has 0 radical (unpaired) electrons. The zero-order valence-electron chi connectivity index (χ0n) is 48.9. The third kappa shape index (κ3) is 18.7. The molecule has 4 amide bonds. The van der Waals surface area contributed by atoms with Gasteiger partial charge in [0.1, 0.15) is 23.7 Å². The summed E-state index contributed by atoms with van der Waals surface area (Å²) in [5, 5.41) is 20.6. The zero-order chi connectivity index (χ0) is 60.3. The van der Waals surface area contributed by atoms with Crippen LogP contribution in [0.1, 0.15) is 115 Å². The molecular formula is C63H81N5O14S. The number of furan rings is 1. The van der Waals surface area contributed by atoms with Crippen LogP contribution in [0.3, 0.4) is 0 Å². The summed E-state index contributed by atoms with van der Waals surface area (Å²) in [4.78, 5) is 84.0. The van der Waals surface area contributed by atoms with Gasteiger partial charge < -0.3 is 49.3 Å². The number of esters is 1. The van der Waals surface area contributed by atoms with E-state index >= 15 is 0 Å². The van der Waals surface area contributed by atoms with Crippen molar-refractivity contribution in [1.82, 2.24) is 19.8 Å². The SMILES string of the molecule is CCC(C)(C)C(=O)C(=O)N1CCCC[C@H]1C(=O)O[C@H](CCc1ccc(OC)c(OC)c1)c1cccc(NC(=O)CCC(=O)NC(CC(=O)N[C@@H](Cc2ccccc2)[C@H](O)CN(CC(C)C)S(=O)(=O)c2ccc(OC)cc2)Cc2ccco2)c1. The Hall–Kier alpha value is -7.55. The molecule has 5 atom stereocenters. The number of nitrogens with zero attached hydrogens (tertiary/aromatic N) is 2. The van der Waals surface area contributed by atoms with E-state index in [1.165, 1.54) is 41.8 Å². The standard InChI is InChI=1S/C63H81N5O14S/c1-9-63(4,5)60(73)61(74)68-33-14-13-22-52(68)62(75)82-54(29-23-44-24-30-55(79-7)56(36-44)80-8)45-19-15-20-46(37-45)64-57(70)31-32-58(71)65-47(38-49-21-16-34-81-49)39-59(72)66-51(35-43-17-11-10-12-18-43)53(69)41-67(40-42(2)3)83(76,77)50-27-25-48(78-6)26-28-50/h10-12,15-21,24-28,30,34,36-37,42,47,51-54,69H,9,13-14,22-23,29,31-33,35,38-41H2,1-8H3,(H,64,70)(H,65,71)(H,66,72)/t47?,51-,52-,53+,54+/m0/s1. The molecule has 1 aliphatic heterocycles. The van der Waals surface area contributed by atoms with Crippen LogP contribution in [0.15, 0.2) is 125 Å². The average molecular weight is 1160 g/mol. The van der Waals surface area contributed by atoms with Crippen LogP contribution in [0, 0.1) is 11.3 Å². The summed E-state index contributed by atoms with van der Waals surface area (Å²) >= 11 is 0. The first-order valence-electron chi connectivity index (χ1n) is 28.3. The smallest absolute Gasteiger partial charge is 0.329 e. The number of carbonyl (C=O) groups excluding carboxylic acids is 6. The lowest BCUT2D eigenvalue weighted by Crippen LogP contribution is -2.53. The van der Waals surface area contributed by atoms with Crippen LogP contribution in [0.5, 0.6) is 17.2 Å². The molecule has 448 valence electrons. The Kier molecular flexibility index (Phi) is 23.9. The fourth-order valence-corrected chi connectivity index (χ4v) is 11.4. The van der Waals surface area contributed by atoms with Crippen LogP contribution in [0.25, 0.3) is 0 Å². The molecule has 0 bridgehead atoms. The minimum absolute atomic E-state index is 0.0204. The highest BCUT2D eigenvalue weighted by Crippen LogP contribution is 2.33. The van der Waals surface area contributed by atoms with Gasteiger partial charge in [0.25, 0.3) is 5.91 Å². The number of ether oxygens (including phenoxy) is 4. The molecule has 5 aromatic rings. The van der Waals surface area contributed by atoms with E-state index in [0.717, 1.165) is 11.1 Å². The number of amides is 4. The first kappa shape index (κ1) is 64.6. The Morgan fingerprint density at radius 3 is 2.16 bits per heavy atom. The van der Waals surface area contributed by atoms with Crippen molar-refractivity contribution in [2.45, 2.75) is 140 Å². The van der Waals surface area contributed by atoms with Crippen LogP contribution in [-0.2, 0) is 62.8 Å². The van der Waals surface area contributed by atoms with Crippen molar-refractivity contribution >= 4 is 51.1 Å². The van der Waals surface area contributed by atoms with Gasteiger partial charge in [0.2, 0.25) is 33.5 Å². The predicted molar refractivity (Wildman–Crippen MR) is 313 cm³/mol. The monoisotopic (exact) mass is 1160 g/mol. The van der Waals surface area contributed by atoms with Gasteiger partial charge in [0, 0.05) is 62.5 Å². The highest BCUT2D eigenvalue weighted by molar-refractivity contribution is 7.89. The van der Waals surface area contributed by atoms with Gasteiger partial charge in [-0.15, -0.1) is 0 Å². The number of rotatable bonds is 31. The maximum atomic E-state index is 14.2. The minimum Gasteiger partial charge on any atom is -0.497 e. The van der Waals surface area contributed by atoms with Gasteiger partial charge in [0.15, 0.2) is 11.5 Å². The van der Waals surface area contributed by atoms with Gasteiger partial charge >= 0.3 is 5.97 Å². The molecule has 19 nitrogen and oxygen atoms in total. The highest BCUT2D eigenvalue weighted by atomic mass is 32.2. The number of aliphatic hydroxyl groups excluding tert-OH is 1. The normalized spacial score (nSPS) is 15.1. The topological polar surface area (TPSA) is 249 Å². The Morgan fingerprint density at radius 1 is 0.771 bits per heavy atom. The fraction of sp³-hybridized carbons (Fsp3) is 0.460. The van der Waals surface area contributed by atoms with Crippen LogP contribution < -0.4 is 30.2 Å². The molecule has 1 aliphatic rings. The lowest BCUT2D eigenvalue weighted by Gasteiger charge is -2.36. The van der Waals surface area contributed by atoms with Crippen molar-refractivity contribution in [3.05, 3.63) is 138 Å². The Bertz CT molecular complexity index is 3060. The maximum Gasteiger partial charge on any atom is 0.329 e. The third-order valence-corrected chi connectivity index (χ3v) is 16.7. The Morgan fingerprint density at radius 2 is 1.49 bits per heavy atom. The molecule has 83 heavy (non-hydrogen) atoms. The largest absolute Gasteiger partial charge is 0.497 e. The van der Waals surface area contributed by atoms with Crippen molar-refractivity contribution in [2.24, 2.45) is 11.3 Å². The number of methoxy groups -OCH3 is 3. The Balaban J connectivity index is 1.14. The Labute approximate surface area is 487 Å². The first-order valence-corrected chi connectivity index (χ1v) is 29.7. The van der Waals surface area contributed by atoms with Crippen LogP contribution in [0.2, 0.25) is 0 Å². The third-order valence-electron chi connectivity index (χ3n) is 14.8. The number of anilines is 1. The van der Waals surface area contributed by atoms with Crippen molar-refractivity contribution in [1.29, 1.82) is 0 Å². The highest BCUT2D eigenvalue weighted by Gasteiger charge is 2.41. The number of hydrogen-bond acceptors (Lipinski definition) is 14. The van der Waals surface area contributed by atoms with Crippen molar-refractivity contribution in [3.63, 3.8) is 0 Å². The molecular weight excluding hydrogens is 1080 g/mol.